The van der Waals surface area contributed by atoms with Crippen molar-refractivity contribution in [2.75, 3.05) is 12.8 Å². The SMILES string of the molecule is CCOP1(=O)CCC([Se]c2cccc(Br)c2)=C(c2ccccc2)O1. The molecular formula is C18H18BrO3PSe. The van der Waals surface area contributed by atoms with Crippen LogP contribution in [-0.2, 0) is 13.6 Å². The van der Waals surface area contributed by atoms with Crippen molar-refractivity contribution < 1.29 is 13.6 Å². The standard InChI is InChI=1S/C18H18BrO3PSe/c1-2-21-23(20)12-11-17(24-16-10-6-9-15(19)13-16)18(22-23)14-7-4-3-5-8-14/h3-10,13H,2,11-12H2,1H3. The molecule has 126 valence electrons. The second-order valence-electron chi connectivity index (χ2n) is 5.27. The first-order valence-electron chi connectivity index (χ1n) is 7.75. The first kappa shape index (κ1) is 18.0. The minimum atomic E-state index is -3.04. The summed E-state index contributed by atoms with van der Waals surface area (Å²) >= 11 is 3.64. The molecule has 1 aliphatic heterocycles. The zero-order valence-corrected chi connectivity index (χ0v) is 17.5. The second kappa shape index (κ2) is 8.03. The van der Waals surface area contributed by atoms with Gasteiger partial charge in [-0.25, -0.2) is 0 Å². The Morgan fingerprint density at radius 3 is 2.71 bits per heavy atom. The van der Waals surface area contributed by atoms with Crippen LogP contribution in [0, 0.1) is 0 Å². The van der Waals surface area contributed by atoms with Gasteiger partial charge in [-0.15, -0.1) is 0 Å². The summed E-state index contributed by atoms with van der Waals surface area (Å²) in [4.78, 5) is 0. The molecule has 1 aliphatic rings. The maximum absolute atomic E-state index is 12.8. The Bertz CT molecular complexity index is 792. The van der Waals surface area contributed by atoms with Crippen LogP contribution >= 0.6 is 23.5 Å². The number of halogens is 1. The monoisotopic (exact) mass is 472 g/mol. The topological polar surface area (TPSA) is 35.5 Å². The molecule has 24 heavy (non-hydrogen) atoms. The van der Waals surface area contributed by atoms with Gasteiger partial charge in [-0.2, -0.15) is 0 Å². The van der Waals surface area contributed by atoms with Crippen LogP contribution in [0.1, 0.15) is 18.9 Å². The van der Waals surface area contributed by atoms with Crippen LogP contribution in [0.25, 0.3) is 5.76 Å². The fourth-order valence-corrected chi connectivity index (χ4v) is 7.58. The summed E-state index contributed by atoms with van der Waals surface area (Å²) in [6.07, 6.45) is 1.19. The molecule has 0 aromatic heterocycles. The molecule has 0 saturated heterocycles. The van der Waals surface area contributed by atoms with E-state index in [0.29, 0.717) is 12.8 Å². The molecule has 3 nitrogen and oxygen atoms in total. The van der Waals surface area contributed by atoms with E-state index in [-0.39, 0.29) is 15.0 Å². The van der Waals surface area contributed by atoms with Crippen molar-refractivity contribution >= 4 is 48.7 Å². The molecule has 2 aromatic carbocycles. The van der Waals surface area contributed by atoms with E-state index in [1.54, 1.807) is 0 Å². The molecule has 1 atom stereocenters. The average Bonchev–Trinajstić information content (AvgIpc) is 2.58. The summed E-state index contributed by atoms with van der Waals surface area (Å²) in [5.41, 5.74) is 0.962. The van der Waals surface area contributed by atoms with Crippen LogP contribution in [-0.4, -0.2) is 27.7 Å². The Morgan fingerprint density at radius 1 is 1.21 bits per heavy atom. The van der Waals surface area contributed by atoms with Crippen LogP contribution in [0.4, 0.5) is 0 Å². The van der Waals surface area contributed by atoms with Crippen molar-refractivity contribution in [1.82, 2.24) is 0 Å². The molecule has 1 unspecified atom stereocenters. The van der Waals surface area contributed by atoms with Crippen LogP contribution in [0.3, 0.4) is 0 Å². The summed E-state index contributed by atoms with van der Waals surface area (Å²) in [5.74, 6) is 0.735. The van der Waals surface area contributed by atoms with Crippen LogP contribution < -0.4 is 4.46 Å². The summed E-state index contributed by atoms with van der Waals surface area (Å²) in [5, 5.41) is 0. The van der Waals surface area contributed by atoms with E-state index < -0.39 is 7.60 Å². The summed E-state index contributed by atoms with van der Waals surface area (Å²) in [6.45, 7) is 2.24. The molecule has 3 rings (SSSR count). The van der Waals surface area contributed by atoms with E-state index in [1.165, 1.54) is 8.93 Å². The molecule has 6 heteroatoms. The molecule has 0 saturated carbocycles. The van der Waals surface area contributed by atoms with Gasteiger partial charge in [0.2, 0.25) is 0 Å². The molecule has 0 aliphatic carbocycles. The van der Waals surface area contributed by atoms with E-state index in [4.69, 9.17) is 9.05 Å². The number of benzene rings is 2. The predicted octanol–water partition coefficient (Wildman–Crippen LogP) is 4.80. The van der Waals surface area contributed by atoms with Gasteiger partial charge in [0, 0.05) is 0 Å². The quantitative estimate of drug-likeness (QED) is 0.464. The van der Waals surface area contributed by atoms with E-state index in [9.17, 15) is 4.57 Å². The van der Waals surface area contributed by atoms with Crippen molar-refractivity contribution in [2.24, 2.45) is 0 Å². The Morgan fingerprint density at radius 2 is 2.00 bits per heavy atom. The molecule has 0 fully saturated rings. The van der Waals surface area contributed by atoms with Gasteiger partial charge < -0.3 is 0 Å². The molecule has 0 amide bonds. The number of allylic oxidation sites excluding steroid dienone is 1. The van der Waals surface area contributed by atoms with E-state index in [0.717, 1.165) is 22.2 Å². The first-order valence-corrected chi connectivity index (χ1v) is 12.0. The van der Waals surface area contributed by atoms with Crippen LogP contribution in [0.5, 0.6) is 0 Å². The molecule has 0 bridgehead atoms. The van der Waals surface area contributed by atoms with Crippen molar-refractivity contribution in [3.8, 4) is 0 Å². The number of hydrogen-bond acceptors (Lipinski definition) is 3. The molecule has 0 N–H and O–H groups in total. The zero-order valence-electron chi connectivity index (χ0n) is 13.3. The Hall–Kier alpha value is -0.831. The van der Waals surface area contributed by atoms with Gasteiger partial charge in [0.05, 0.1) is 0 Å². The fourth-order valence-electron chi connectivity index (χ4n) is 2.45. The van der Waals surface area contributed by atoms with Gasteiger partial charge in [-0.1, -0.05) is 0 Å². The summed E-state index contributed by atoms with van der Waals surface area (Å²) in [6, 6.07) is 18.2. The van der Waals surface area contributed by atoms with Gasteiger partial charge in [-0.05, 0) is 0 Å². The van der Waals surface area contributed by atoms with Crippen molar-refractivity contribution in [2.45, 2.75) is 13.3 Å². The Kier molecular flexibility index (Phi) is 6.02. The normalized spacial score (nSPS) is 20.8. The number of rotatable bonds is 5. The van der Waals surface area contributed by atoms with E-state index in [1.807, 2.05) is 49.4 Å². The first-order chi connectivity index (χ1) is 11.6. The third kappa shape index (κ3) is 4.41. The second-order valence-corrected chi connectivity index (χ2v) is 10.7. The molecule has 0 spiro atoms. The maximum atomic E-state index is 12.8. The third-order valence-corrected chi connectivity index (χ3v) is 8.23. The van der Waals surface area contributed by atoms with E-state index >= 15 is 0 Å². The van der Waals surface area contributed by atoms with Crippen molar-refractivity contribution in [3.05, 3.63) is 69.1 Å². The Balaban J connectivity index is 1.97. The Labute approximate surface area is 157 Å². The van der Waals surface area contributed by atoms with Crippen LogP contribution in [0.15, 0.2) is 63.5 Å². The number of hydrogen-bond donors (Lipinski definition) is 0. The van der Waals surface area contributed by atoms with E-state index in [2.05, 4.69) is 28.1 Å². The summed E-state index contributed by atoms with van der Waals surface area (Å²) < 4.78 is 27.7. The molecular weight excluding hydrogens is 454 g/mol. The van der Waals surface area contributed by atoms with Gasteiger partial charge in [0.25, 0.3) is 0 Å². The zero-order chi connectivity index (χ0) is 17.0. The van der Waals surface area contributed by atoms with Gasteiger partial charge >= 0.3 is 158 Å². The summed E-state index contributed by atoms with van der Waals surface area (Å²) in [7, 11) is -3.04. The van der Waals surface area contributed by atoms with Crippen LogP contribution in [0.2, 0.25) is 0 Å². The predicted molar refractivity (Wildman–Crippen MR) is 103 cm³/mol. The van der Waals surface area contributed by atoms with Gasteiger partial charge in [0.15, 0.2) is 0 Å². The van der Waals surface area contributed by atoms with Gasteiger partial charge in [0.1, 0.15) is 0 Å². The van der Waals surface area contributed by atoms with Crippen molar-refractivity contribution in [3.63, 3.8) is 0 Å². The van der Waals surface area contributed by atoms with Gasteiger partial charge in [-0.3, -0.25) is 0 Å². The van der Waals surface area contributed by atoms with Crippen molar-refractivity contribution in [1.29, 1.82) is 0 Å². The third-order valence-electron chi connectivity index (χ3n) is 3.50. The molecule has 1 heterocycles. The molecule has 0 radical (unpaired) electrons. The fraction of sp³-hybridized carbons (Fsp3) is 0.222. The molecule has 2 aromatic rings. The average molecular weight is 472 g/mol. The minimum absolute atomic E-state index is 0.117.